The predicted octanol–water partition coefficient (Wildman–Crippen LogP) is 2.30. The van der Waals surface area contributed by atoms with Crippen molar-refractivity contribution in [3.8, 4) is 5.69 Å². The van der Waals surface area contributed by atoms with Crippen molar-refractivity contribution in [2.45, 2.75) is 32.9 Å². The number of nitrogens with zero attached hydrogens (tertiary/aromatic N) is 3. The first-order valence-electron chi connectivity index (χ1n) is 8.14. The highest BCUT2D eigenvalue weighted by molar-refractivity contribution is 5.42. The first-order chi connectivity index (χ1) is 10.6. The van der Waals surface area contributed by atoms with E-state index < -0.39 is 0 Å². The molecule has 1 N–H and O–H groups in total. The minimum atomic E-state index is -0.0683. The summed E-state index contributed by atoms with van der Waals surface area (Å²) in [6.07, 6.45) is 0.918. The molecule has 1 saturated heterocycles. The van der Waals surface area contributed by atoms with Crippen molar-refractivity contribution >= 4 is 0 Å². The highest BCUT2D eigenvalue weighted by Gasteiger charge is 2.46. The van der Waals surface area contributed by atoms with Gasteiger partial charge < -0.3 is 5.11 Å². The monoisotopic (exact) mass is 297 g/mol. The van der Waals surface area contributed by atoms with Crippen molar-refractivity contribution in [2.75, 3.05) is 13.1 Å². The molecular weight excluding hydrogens is 274 g/mol. The van der Waals surface area contributed by atoms with E-state index in [0.717, 1.165) is 31.7 Å². The van der Waals surface area contributed by atoms with Crippen LogP contribution in [0.2, 0.25) is 0 Å². The predicted molar refractivity (Wildman–Crippen MR) is 85.9 cm³/mol. The molecule has 22 heavy (non-hydrogen) atoms. The van der Waals surface area contributed by atoms with Crippen LogP contribution in [0.5, 0.6) is 0 Å². The molecule has 4 nitrogen and oxygen atoms in total. The Balaban J connectivity index is 1.59. The number of hydrogen-bond acceptors (Lipinski definition) is 3. The van der Waals surface area contributed by atoms with Gasteiger partial charge in [-0.2, -0.15) is 5.10 Å². The fraction of sp³-hybridized carbons (Fsp3) is 0.500. The molecule has 0 amide bonds. The molecule has 1 aliphatic heterocycles. The number of aliphatic hydroxyl groups excluding tert-OH is 1. The van der Waals surface area contributed by atoms with Crippen molar-refractivity contribution in [2.24, 2.45) is 11.8 Å². The van der Waals surface area contributed by atoms with Gasteiger partial charge in [-0.3, -0.25) is 4.90 Å². The van der Waals surface area contributed by atoms with Gasteiger partial charge in [0, 0.05) is 31.2 Å². The third-order valence-electron chi connectivity index (χ3n) is 5.23. The van der Waals surface area contributed by atoms with Crippen molar-refractivity contribution in [1.29, 1.82) is 0 Å². The molecule has 2 aromatic rings. The minimum absolute atomic E-state index is 0.0683. The van der Waals surface area contributed by atoms with Crippen LogP contribution in [-0.2, 0) is 6.54 Å². The van der Waals surface area contributed by atoms with Gasteiger partial charge in [0.15, 0.2) is 0 Å². The van der Waals surface area contributed by atoms with E-state index in [-0.39, 0.29) is 6.10 Å². The number of fused-ring (bicyclic) bond motifs is 1. The number of rotatable bonds is 3. The molecule has 1 aliphatic carbocycles. The third kappa shape index (κ3) is 2.27. The molecule has 4 rings (SSSR count). The third-order valence-corrected chi connectivity index (χ3v) is 5.23. The van der Waals surface area contributed by atoms with Crippen LogP contribution in [-0.4, -0.2) is 39.0 Å². The van der Waals surface area contributed by atoms with Crippen molar-refractivity contribution in [3.63, 3.8) is 0 Å². The molecule has 2 aliphatic rings. The Hall–Kier alpha value is -1.65. The summed E-state index contributed by atoms with van der Waals surface area (Å²) in [4.78, 5) is 2.48. The SMILES string of the molecule is Cc1cc(C)n(-c2ccccc2CN2C[C@H]3C[C@H](O)[C@H]3C2)n1. The topological polar surface area (TPSA) is 41.3 Å². The van der Waals surface area contributed by atoms with Gasteiger partial charge in [0.1, 0.15) is 0 Å². The Morgan fingerprint density at radius 2 is 2.05 bits per heavy atom. The van der Waals surface area contributed by atoms with Crippen molar-refractivity contribution in [1.82, 2.24) is 14.7 Å². The second kappa shape index (κ2) is 5.21. The zero-order valence-electron chi connectivity index (χ0n) is 13.2. The Bertz CT molecular complexity index is 693. The van der Waals surface area contributed by atoms with Gasteiger partial charge in [0.05, 0.1) is 17.5 Å². The van der Waals surface area contributed by atoms with Crippen molar-refractivity contribution in [3.05, 3.63) is 47.3 Å². The van der Waals surface area contributed by atoms with Crippen LogP contribution in [0.4, 0.5) is 0 Å². The smallest absolute Gasteiger partial charge is 0.0693 e. The summed E-state index contributed by atoms with van der Waals surface area (Å²) in [6.45, 7) is 7.22. The Morgan fingerprint density at radius 1 is 1.23 bits per heavy atom. The number of benzene rings is 1. The Morgan fingerprint density at radius 3 is 2.73 bits per heavy atom. The second-order valence-corrected chi connectivity index (χ2v) is 6.89. The number of aryl methyl sites for hydroxylation is 2. The van der Waals surface area contributed by atoms with Crippen LogP contribution in [0.3, 0.4) is 0 Å². The maximum absolute atomic E-state index is 9.83. The maximum Gasteiger partial charge on any atom is 0.0693 e. The van der Waals surface area contributed by atoms with E-state index in [1.807, 2.05) is 11.6 Å². The summed E-state index contributed by atoms with van der Waals surface area (Å²) in [5.41, 5.74) is 4.70. The van der Waals surface area contributed by atoms with Gasteiger partial charge in [-0.05, 0) is 43.9 Å². The molecule has 0 radical (unpaired) electrons. The number of aliphatic hydroxyl groups is 1. The summed E-state index contributed by atoms with van der Waals surface area (Å²) in [5, 5.41) is 14.5. The van der Waals surface area contributed by atoms with Crippen LogP contribution < -0.4 is 0 Å². The number of para-hydroxylation sites is 1. The molecule has 2 heterocycles. The fourth-order valence-corrected chi connectivity index (χ4v) is 4.06. The van der Waals surface area contributed by atoms with E-state index in [1.165, 1.54) is 16.9 Å². The normalized spacial score (nSPS) is 27.7. The van der Waals surface area contributed by atoms with Gasteiger partial charge in [-0.25, -0.2) is 4.68 Å². The number of hydrogen-bond donors (Lipinski definition) is 1. The molecule has 1 saturated carbocycles. The van der Waals surface area contributed by atoms with Crippen LogP contribution >= 0.6 is 0 Å². The summed E-state index contributed by atoms with van der Waals surface area (Å²) in [6, 6.07) is 10.6. The summed E-state index contributed by atoms with van der Waals surface area (Å²) in [7, 11) is 0. The standard InChI is InChI=1S/C18H23N3O/c1-12-7-13(2)21(19-12)17-6-4-3-5-14(17)9-20-10-15-8-18(22)16(15)11-20/h3-7,15-16,18,22H,8-11H2,1-2H3/t15-,16+,18+/m1/s1. The first-order valence-corrected chi connectivity index (χ1v) is 8.14. The average molecular weight is 297 g/mol. The maximum atomic E-state index is 9.83. The van der Waals surface area contributed by atoms with Crippen molar-refractivity contribution < 1.29 is 5.11 Å². The van der Waals surface area contributed by atoms with E-state index in [0.29, 0.717) is 11.8 Å². The molecule has 0 unspecified atom stereocenters. The summed E-state index contributed by atoms with van der Waals surface area (Å²) >= 11 is 0. The van der Waals surface area contributed by atoms with E-state index >= 15 is 0 Å². The molecule has 2 fully saturated rings. The summed E-state index contributed by atoms with van der Waals surface area (Å²) in [5.74, 6) is 1.21. The lowest BCUT2D eigenvalue weighted by Crippen LogP contribution is -2.39. The highest BCUT2D eigenvalue weighted by atomic mass is 16.3. The van der Waals surface area contributed by atoms with E-state index in [1.54, 1.807) is 0 Å². The van der Waals surface area contributed by atoms with Gasteiger partial charge >= 0.3 is 0 Å². The first kappa shape index (κ1) is 14.0. The Kier molecular flexibility index (Phi) is 3.31. The Labute approximate surface area is 131 Å². The largest absolute Gasteiger partial charge is 0.393 e. The highest BCUT2D eigenvalue weighted by Crippen LogP contribution is 2.41. The zero-order chi connectivity index (χ0) is 15.3. The summed E-state index contributed by atoms with van der Waals surface area (Å²) < 4.78 is 2.05. The average Bonchev–Trinajstić information content (AvgIpc) is 2.99. The zero-order valence-corrected chi connectivity index (χ0v) is 13.2. The second-order valence-electron chi connectivity index (χ2n) is 6.89. The molecular formula is C18H23N3O. The van der Waals surface area contributed by atoms with Gasteiger partial charge in [0.2, 0.25) is 0 Å². The van der Waals surface area contributed by atoms with Gasteiger partial charge in [0.25, 0.3) is 0 Å². The molecule has 0 spiro atoms. The van der Waals surface area contributed by atoms with E-state index in [2.05, 4.69) is 47.3 Å². The lowest BCUT2D eigenvalue weighted by Gasteiger charge is -2.35. The van der Waals surface area contributed by atoms with Crippen LogP contribution in [0.15, 0.2) is 30.3 Å². The quantitative estimate of drug-likeness (QED) is 0.945. The van der Waals surface area contributed by atoms with Crippen LogP contribution in [0.25, 0.3) is 5.69 Å². The van der Waals surface area contributed by atoms with E-state index in [4.69, 9.17) is 0 Å². The van der Waals surface area contributed by atoms with Gasteiger partial charge in [-0.15, -0.1) is 0 Å². The number of aromatic nitrogens is 2. The van der Waals surface area contributed by atoms with Crippen LogP contribution in [0, 0.1) is 25.7 Å². The molecule has 4 heteroatoms. The minimum Gasteiger partial charge on any atom is -0.393 e. The molecule has 1 aromatic heterocycles. The molecule has 116 valence electrons. The molecule has 1 aromatic carbocycles. The number of likely N-dealkylation sites (tertiary alicyclic amines) is 1. The lowest BCUT2D eigenvalue weighted by atomic mass is 9.74. The lowest BCUT2D eigenvalue weighted by molar-refractivity contribution is -0.00435. The van der Waals surface area contributed by atoms with Gasteiger partial charge in [-0.1, -0.05) is 18.2 Å². The molecule has 3 atom stereocenters. The molecule has 0 bridgehead atoms. The van der Waals surface area contributed by atoms with Crippen LogP contribution in [0.1, 0.15) is 23.4 Å². The fourth-order valence-electron chi connectivity index (χ4n) is 4.06. The van der Waals surface area contributed by atoms with E-state index in [9.17, 15) is 5.11 Å².